The van der Waals surface area contributed by atoms with Gasteiger partial charge in [-0.05, 0) is 36.6 Å². The molecule has 0 bridgehead atoms. The molecule has 2 aliphatic heterocycles. The van der Waals surface area contributed by atoms with Gasteiger partial charge in [-0.3, -0.25) is 0 Å². The molecule has 2 aliphatic rings. The van der Waals surface area contributed by atoms with Crippen molar-refractivity contribution in [2.75, 3.05) is 56.2 Å². The van der Waals surface area contributed by atoms with Crippen molar-refractivity contribution in [3.05, 3.63) is 48.2 Å². The van der Waals surface area contributed by atoms with E-state index in [0.29, 0.717) is 19.6 Å². The van der Waals surface area contributed by atoms with Crippen LogP contribution in [0.3, 0.4) is 0 Å². The predicted octanol–water partition coefficient (Wildman–Crippen LogP) is 3.50. The van der Waals surface area contributed by atoms with Gasteiger partial charge in [-0.25, -0.2) is 9.78 Å². The van der Waals surface area contributed by atoms with Crippen LogP contribution in [-0.4, -0.2) is 62.3 Å². The number of carbonyl (C=O) groups excluding carboxylic acids is 1. The van der Waals surface area contributed by atoms with E-state index in [4.69, 9.17) is 4.74 Å². The van der Waals surface area contributed by atoms with E-state index in [-0.39, 0.29) is 6.03 Å². The molecule has 1 aromatic heterocycles. The summed E-state index contributed by atoms with van der Waals surface area (Å²) in [5.74, 6) is 1.92. The summed E-state index contributed by atoms with van der Waals surface area (Å²) in [7, 11) is 1.69. The molecule has 31 heavy (non-hydrogen) atoms. The number of anilines is 2. The van der Waals surface area contributed by atoms with Crippen molar-refractivity contribution in [1.29, 1.82) is 0 Å². The molecule has 1 N–H and O–H groups in total. The minimum atomic E-state index is -0.0173. The molecule has 0 radical (unpaired) electrons. The van der Waals surface area contributed by atoms with Gasteiger partial charge in [0.05, 0.1) is 12.8 Å². The molecule has 0 atom stereocenters. The highest BCUT2D eigenvalue weighted by Crippen LogP contribution is 2.28. The third-order valence-corrected chi connectivity index (χ3v) is 6.18. The van der Waals surface area contributed by atoms with E-state index < -0.39 is 0 Å². The number of methoxy groups -OCH3 is 1. The lowest BCUT2D eigenvalue weighted by Crippen LogP contribution is -2.51. The van der Waals surface area contributed by atoms with E-state index in [2.05, 4.69) is 38.3 Å². The van der Waals surface area contributed by atoms with Crippen LogP contribution in [0.25, 0.3) is 0 Å². The first-order valence-corrected chi connectivity index (χ1v) is 11.4. The number of urea groups is 1. The van der Waals surface area contributed by atoms with Crippen molar-refractivity contribution in [3.8, 4) is 5.75 Å². The molecule has 2 amide bonds. The molecule has 2 fully saturated rings. The van der Waals surface area contributed by atoms with Crippen molar-refractivity contribution in [2.45, 2.75) is 32.2 Å². The second kappa shape index (κ2) is 10.4. The molecule has 0 aliphatic carbocycles. The van der Waals surface area contributed by atoms with Gasteiger partial charge in [0.2, 0.25) is 0 Å². The number of nitrogens with one attached hydrogen (secondary N) is 1. The van der Waals surface area contributed by atoms with Crippen LogP contribution in [0.4, 0.5) is 16.3 Å². The highest BCUT2D eigenvalue weighted by atomic mass is 16.5. The third-order valence-electron chi connectivity index (χ3n) is 6.18. The number of aromatic nitrogens is 1. The van der Waals surface area contributed by atoms with Crippen molar-refractivity contribution >= 4 is 17.5 Å². The second-order valence-corrected chi connectivity index (χ2v) is 8.23. The molecule has 166 valence electrons. The van der Waals surface area contributed by atoms with Crippen LogP contribution in [0, 0.1) is 0 Å². The van der Waals surface area contributed by atoms with Gasteiger partial charge in [0.15, 0.2) is 0 Å². The Bertz CT molecular complexity index is 841. The van der Waals surface area contributed by atoms with Crippen LogP contribution >= 0.6 is 0 Å². The zero-order valence-corrected chi connectivity index (χ0v) is 18.4. The molecule has 3 heterocycles. The summed E-state index contributed by atoms with van der Waals surface area (Å²) in [6.45, 7) is 5.64. The van der Waals surface area contributed by atoms with Gasteiger partial charge in [-0.2, -0.15) is 0 Å². The van der Waals surface area contributed by atoms with Gasteiger partial charge in [-0.15, -0.1) is 0 Å². The van der Waals surface area contributed by atoms with Crippen LogP contribution in [0.15, 0.2) is 42.6 Å². The van der Waals surface area contributed by atoms with E-state index in [9.17, 15) is 4.79 Å². The lowest BCUT2D eigenvalue weighted by atomic mass is 10.2. The number of para-hydroxylation sites is 2. The van der Waals surface area contributed by atoms with E-state index in [0.717, 1.165) is 49.0 Å². The first-order valence-electron chi connectivity index (χ1n) is 11.4. The fourth-order valence-corrected chi connectivity index (χ4v) is 4.34. The molecule has 0 saturated carbocycles. The topological polar surface area (TPSA) is 60.9 Å². The molecular formula is C24H33N5O2. The molecule has 4 rings (SSSR count). The number of pyridine rings is 1. The Morgan fingerprint density at radius 1 is 0.935 bits per heavy atom. The monoisotopic (exact) mass is 423 g/mol. The lowest BCUT2D eigenvalue weighted by molar-refractivity contribution is 0.194. The zero-order valence-electron chi connectivity index (χ0n) is 18.4. The average molecular weight is 424 g/mol. The Morgan fingerprint density at radius 3 is 2.35 bits per heavy atom. The van der Waals surface area contributed by atoms with E-state index in [1.54, 1.807) is 7.11 Å². The maximum Gasteiger partial charge on any atom is 0.317 e. The quantitative estimate of drug-likeness (QED) is 0.798. The number of ether oxygens (including phenoxy) is 1. The molecule has 1 aromatic carbocycles. The van der Waals surface area contributed by atoms with E-state index in [1.807, 2.05) is 29.3 Å². The fourth-order valence-electron chi connectivity index (χ4n) is 4.34. The average Bonchev–Trinajstić information content (AvgIpc) is 3.13. The summed E-state index contributed by atoms with van der Waals surface area (Å²) in [5, 5.41) is 3.05. The maximum absolute atomic E-state index is 12.6. The predicted molar refractivity (Wildman–Crippen MR) is 124 cm³/mol. The summed E-state index contributed by atoms with van der Waals surface area (Å²) in [5.41, 5.74) is 2.11. The van der Waals surface area contributed by atoms with E-state index in [1.165, 1.54) is 25.7 Å². The lowest BCUT2D eigenvalue weighted by Gasteiger charge is -2.36. The van der Waals surface area contributed by atoms with Crippen molar-refractivity contribution in [3.63, 3.8) is 0 Å². The zero-order chi connectivity index (χ0) is 21.5. The Balaban J connectivity index is 1.25. The summed E-state index contributed by atoms with van der Waals surface area (Å²) in [4.78, 5) is 23.8. The van der Waals surface area contributed by atoms with Gasteiger partial charge in [0.1, 0.15) is 11.6 Å². The molecule has 0 spiro atoms. The largest absolute Gasteiger partial charge is 0.495 e. The number of rotatable bonds is 5. The number of hydrogen-bond donors (Lipinski definition) is 1. The number of amides is 2. The van der Waals surface area contributed by atoms with Crippen LogP contribution in [-0.2, 0) is 6.54 Å². The Hall–Kier alpha value is -2.96. The minimum absolute atomic E-state index is 0.0173. The van der Waals surface area contributed by atoms with Gasteiger partial charge >= 0.3 is 6.03 Å². The summed E-state index contributed by atoms with van der Waals surface area (Å²) in [6, 6.07) is 12.2. The number of hydrogen-bond acceptors (Lipinski definition) is 5. The highest BCUT2D eigenvalue weighted by Gasteiger charge is 2.22. The van der Waals surface area contributed by atoms with Crippen molar-refractivity contribution in [1.82, 2.24) is 15.2 Å². The number of piperazine rings is 1. The standard InChI is InChI=1S/C24H33N5O2/c1-31-22-9-5-4-8-21(22)27-14-16-29(17-15-27)24(30)26-19-20-10-11-23(25-18-20)28-12-6-2-3-7-13-28/h4-5,8-11,18H,2-3,6-7,12-17,19H2,1H3,(H,26,30). The van der Waals surface area contributed by atoms with Gasteiger partial charge in [0.25, 0.3) is 0 Å². The number of nitrogens with zero attached hydrogens (tertiary/aromatic N) is 4. The van der Waals surface area contributed by atoms with Gasteiger partial charge in [0, 0.05) is 52.0 Å². The molecular weight excluding hydrogens is 390 g/mol. The number of carbonyl (C=O) groups is 1. The van der Waals surface area contributed by atoms with Crippen molar-refractivity contribution in [2.24, 2.45) is 0 Å². The first-order chi connectivity index (χ1) is 15.2. The second-order valence-electron chi connectivity index (χ2n) is 8.23. The Morgan fingerprint density at radius 2 is 1.68 bits per heavy atom. The highest BCUT2D eigenvalue weighted by molar-refractivity contribution is 5.74. The smallest absolute Gasteiger partial charge is 0.317 e. The SMILES string of the molecule is COc1ccccc1N1CCN(C(=O)NCc2ccc(N3CCCCCC3)nc2)CC1. The Kier molecular flexibility index (Phi) is 7.12. The summed E-state index contributed by atoms with van der Waals surface area (Å²) >= 11 is 0. The van der Waals surface area contributed by atoms with Crippen molar-refractivity contribution < 1.29 is 9.53 Å². The van der Waals surface area contributed by atoms with Gasteiger partial charge < -0.3 is 24.8 Å². The minimum Gasteiger partial charge on any atom is -0.495 e. The molecule has 2 saturated heterocycles. The van der Waals surface area contributed by atoms with Gasteiger partial charge in [-0.1, -0.05) is 31.0 Å². The van der Waals surface area contributed by atoms with Crippen LogP contribution in [0.5, 0.6) is 5.75 Å². The summed E-state index contributed by atoms with van der Waals surface area (Å²) < 4.78 is 5.47. The molecule has 7 heteroatoms. The number of benzene rings is 1. The normalized spacial score (nSPS) is 17.3. The summed E-state index contributed by atoms with van der Waals surface area (Å²) in [6.07, 6.45) is 7.00. The van der Waals surface area contributed by atoms with E-state index >= 15 is 0 Å². The first kappa shape index (κ1) is 21.3. The maximum atomic E-state index is 12.6. The van der Waals surface area contributed by atoms with Crippen LogP contribution < -0.4 is 19.9 Å². The molecule has 7 nitrogen and oxygen atoms in total. The molecule has 0 unspecified atom stereocenters. The fraction of sp³-hybridized carbons (Fsp3) is 0.500. The Labute approximate surface area is 185 Å². The van der Waals surface area contributed by atoms with Crippen LogP contribution in [0.2, 0.25) is 0 Å². The third kappa shape index (κ3) is 5.40. The van der Waals surface area contributed by atoms with Crippen LogP contribution in [0.1, 0.15) is 31.2 Å². The molecule has 2 aromatic rings.